The molecule has 0 spiro atoms. The molecular weight excluding hydrogens is 246 g/mol. The lowest BCUT2D eigenvalue weighted by atomic mass is 10.1. The molecule has 0 unspecified atom stereocenters. The monoisotopic (exact) mass is 271 g/mol. The standard InChI is InChI=1S/C15H25NO.ClH/c1-13(2)9-10-16(4)11-12-17-15-8-6-5-7-14(15)3;/h5-8,13H,9-12H2,1-4H3;1H. The van der Waals surface area contributed by atoms with E-state index in [1.165, 1.54) is 12.0 Å². The molecule has 0 aliphatic carbocycles. The van der Waals surface area contributed by atoms with Crippen molar-refractivity contribution in [3.63, 3.8) is 0 Å². The van der Waals surface area contributed by atoms with Crippen LogP contribution in [0.25, 0.3) is 0 Å². The van der Waals surface area contributed by atoms with Gasteiger partial charge >= 0.3 is 0 Å². The minimum Gasteiger partial charge on any atom is -0.492 e. The van der Waals surface area contributed by atoms with E-state index in [1.807, 2.05) is 18.2 Å². The van der Waals surface area contributed by atoms with Crippen molar-refractivity contribution >= 4 is 12.4 Å². The summed E-state index contributed by atoms with van der Waals surface area (Å²) in [6.45, 7) is 9.50. The van der Waals surface area contributed by atoms with Gasteiger partial charge in [0, 0.05) is 6.54 Å². The van der Waals surface area contributed by atoms with E-state index in [-0.39, 0.29) is 12.4 Å². The fourth-order valence-corrected chi connectivity index (χ4v) is 1.62. The van der Waals surface area contributed by atoms with Crippen LogP contribution in [0.2, 0.25) is 0 Å². The lowest BCUT2D eigenvalue weighted by Gasteiger charge is -2.18. The van der Waals surface area contributed by atoms with Crippen LogP contribution in [-0.2, 0) is 0 Å². The fraction of sp³-hybridized carbons (Fsp3) is 0.600. The molecule has 0 radical (unpaired) electrons. The summed E-state index contributed by atoms with van der Waals surface area (Å²) in [5.41, 5.74) is 1.21. The molecule has 1 aromatic rings. The molecule has 0 saturated heterocycles. The number of nitrogens with zero attached hydrogens (tertiary/aromatic N) is 1. The maximum absolute atomic E-state index is 5.77. The molecule has 0 fully saturated rings. The number of rotatable bonds is 7. The van der Waals surface area contributed by atoms with Crippen molar-refractivity contribution < 1.29 is 4.74 Å². The largest absolute Gasteiger partial charge is 0.492 e. The fourth-order valence-electron chi connectivity index (χ4n) is 1.62. The molecule has 0 aromatic heterocycles. The SMILES string of the molecule is Cc1ccccc1OCCN(C)CCC(C)C.Cl. The highest BCUT2D eigenvalue weighted by Crippen LogP contribution is 2.15. The number of likely N-dealkylation sites (N-methyl/N-ethyl adjacent to an activating group) is 1. The highest BCUT2D eigenvalue weighted by Gasteiger charge is 2.02. The van der Waals surface area contributed by atoms with Crippen molar-refractivity contribution in [2.24, 2.45) is 5.92 Å². The average molecular weight is 272 g/mol. The van der Waals surface area contributed by atoms with E-state index in [2.05, 4.69) is 38.8 Å². The van der Waals surface area contributed by atoms with Gasteiger partial charge in [-0.3, -0.25) is 0 Å². The Labute approximate surface area is 118 Å². The summed E-state index contributed by atoms with van der Waals surface area (Å²) in [5, 5.41) is 0. The van der Waals surface area contributed by atoms with Crippen LogP contribution in [-0.4, -0.2) is 31.6 Å². The first kappa shape index (κ1) is 17.3. The summed E-state index contributed by atoms with van der Waals surface area (Å²) in [5.74, 6) is 1.78. The molecule has 1 aromatic carbocycles. The van der Waals surface area contributed by atoms with Gasteiger partial charge in [0.05, 0.1) is 0 Å². The number of hydrogen-bond donors (Lipinski definition) is 0. The van der Waals surface area contributed by atoms with E-state index in [0.717, 1.165) is 31.4 Å². The van der Waals surface area contributed by atoms with Crippen LogP contribution in [0, 0.1) is 12.8 Å². The van der Waals surface area contributed by atoms with Gasteiger partial charge in [0.1, 0.15) is 12.4 Å². The summed E-state index contributed by atoms with van der Waals surface area (Å²) in [7, 11) is 2.16. The lowest BCUT2D eigenvalue weighted by molar-refractivity contribution is 0.229. The van der Waals surface area contributed by atoms with Gasteiger partial charge in [-0.05, 0) is 44.5 Å². The summed E-state index contributed by atoms with van der Waals surface area (Å²) in [6, 6.07) is 8.17. The van der Waals surface area contributed by atoms with Crippen LogP contribution in [0.4, 0.5) is 0 Å². The zero-order valence-electron chi connectivity index (χ0n) is 12.0. The summed E-state index contributed by atoms with van der Waals surface area (Å²) < 4.78 is 5.77. The van der Waals surface area contributed by atoms with Crippen LogP contribution in [0.1, 0.15) is 25.8 Å². The second kappa shape index (κ2) is 9.23. The van der Waals surface area contributed by atoms with E-state index in [9.17, 15) is 0 Å². The van der Waals surface area contributed by atoms with Gasteiger partial charge in [-0.25, -0.2) is 0 Å². The molecule has 0 heterocycles. The van der Waals surface area contributed by atoms with Crippen LogP contribution in [0.3, 0.4) is 0 Å². The molecule has 104 valence electrons. The summed E-state index contributed by atoms with van der Waals surface area (Å²) >= 11 is 0. The molecule has 0 saturated carbocycles. The summed E-state index contributed by atoms with van der Waals surface area (Å²) in [6.07, 6.45) is 1.25. The third-order valence-corrected chi connectivity index (χ3v) is 2.91. The molecule has 0 bridgehead atoms. The third kappa shape index (κ3) is 6.87. The zero-order chi connectivity index (χ0) is 12.7. The van der Waals surface area contributed by atoms with Crippen LogP contribution in [0.5, 0.6) is 5.75 Å². The van der Waals surface area contributed by atoms with E-state index < -0.39 is 0 Å². The van der Waals surface area contributed by atoms with Crippen molar-refractivity contribution in [2.75, 3.05) is 26.7 Å². The Morgan fingerprint density at radius 3 is 2.44 bits per heavy atom. The van der Waals surface area contributed by atoms with Crippen molar-refractivity contribution in [1.29, 1.82) is 0 Å². The molecule has 0 aliphatic rings. The predicted molar refractivity (Wildman–Crippen MR) is 80.9 cm³/mol. The van der Waals surface area contributed by atoms with Gasteiger partial charge < -0.3 is 9.64 Å². The molecule has 1 rings (SSSR count). The van der Waals surface area contributed by atoms with E-state index in [0.29, 0.717) is 0 Å². The van der Waals surface area contributed by atoms with Crippen molar-refractivity contribution in [3.05, 3.63) is 29.8 Å². The maximum atomic E-state index is 5.77. The Kier molecular flexibility index (Phi) is 8.86. The number of benzene rings is 1. The molecule has 0 aliphatic heterocycles. The van der Waals surface area contributed by atoms with Gasteiger partial charge in [0.25, 0.3) is 0 Å². The predicted octanol–water partition coefficient (Wildman–Crippen LogP) is 3.77. The zero-order valence-corrected chi connectivity index (χ0v) is 12.8. The Balaban J connectivity index is 0.00000289. The minimum atomic E-state index is 0. The van der Waals surface area contributed by atoms with E-state index in [4.69, 9.17) is 4.74 Å². The van der Waals surface area contributed by atoms with Gasteiger partial charge in [-0.1, -0.05) is 32.0 Å². The first-order chi connectivity index (χ1) is 8.09. The minimum absolute atomic E-state index is 0. The molecule has 3 heteroatoms. The number of para-hydroxylation sites is 1. The Morgan fingerprint density at radius 2 is 1.83 bits per heavy atom. The van der Waals surface area contributed by atoms with Crippen LogP contribution >= 0.6 is 12.4 Å². The number of halogens is 1. The normalized spacial score (nSPS) is 10.6. The van der Waals surface area contributed by atoms with Crippen LogP contribution < -0.4 is 4.74 Å². The Morgan fingerprint density at radius 1 is 1.17 bits per heavy atom. The molecular formula is C15H26ClNO. The number of aryl methyl sites for hydroxylation is 1. The molecule has 0 atom stereocenters. The first-order valence-corrected chi connectivity index (χ1v) is 6.46. The van der Waals surface area contributed by atoms with Gasteiger partial charge in [0.15, 0.2) is 0 Å². The molecule has 0 N–H and O–H groups in total. The van der Waals surface area contributed by atoms with E-state index >= 15 is 0 Å². The second-order valence-electron chi connectivity index (χ2n) is 5.10. The Hall–Kier alpha value is -0.730. The molecule has 18 heavy (non-hydrogen) atoms. The van der Waals surface area contributed by atoms with Gasteiger partial charge in [0.2, 0.25) is 0 Å². The van der Waals surface area contributed by atoms with Gasteiger partial charge in [-0.2, -0.15) is 0 Å². The third-order valence-electron chi connectivity index (χ3n) is 2.91. The van der Waals surface area contributed by atoms with Crippen LogP contribution in [0.15, 0.2) is 24.3 Å². The second-order valence-corrected chi connectivity index (χ2v) is 5.10. The molecule has 0 amide bonds. The topological polar surface area (TPSA) is 12.5 Å². The van der Waals surface area contributed by atoms with Crippen molar-refractivity contribution in [3.8, 4) is 5.75 Å². The Bertz CT molecular complexity index is 328. The molecule has 2 nitrogen and oxygen atoms in total. The van der Waals surface area contributed by atoms with Gasteiger partial charge in [-0.15, -0.1) is 12.4 Å². The average Bonchev–Trinajstić information content (AvgIpc) is 2.29. The first-order valence-electron chi connectivity index (χ1n) is 6.46. The number of ether oxygens (including phenoxy) is 1. The summed E-state index contributed by atoms with van der Waals surface area (Å²) in [4.78, 5) is 2.33. The number of hydrogen-bond acceptors (Lipinski definition) is 2. The smallest absolute Gasteiger partial charge is 0.122 e. The van der Waals surface area contributed by atoms with E-state index in [1.54, 1.807) is 0 Å². The van der Waals surface area contributed by atoms with Crippen molar-refractivity contribution in [1.82, 2.24) is 4.90 Å². The lowest BCUT2D eigenvalue weighted by Crippen LogP contribution is -2.26. The van der Waals surface area contributed by atoms with Crippen molar-refractivity contribution in [2.45, 2.75) is 27.2 Å². The maximum Gasteiger partial charge on any atom is 0.122 e. The quantitative estimate of drug-likeness (QED) is 0.748. The highest BCUT2D eigenvalue weighted by atomic mass is 35.5. The highest BCUT2D eigenvalue weighted by molar-refractivity contribution is 5.85.